The van der Waals surface area contributed by atoms with Crippen LogP contribution < -0.4 is 15.4 Å². The van der Waals surface area contributed by atoms with Crippen LogP contribution in [0.1, 0.15) is 40.0 Å². The van der Waals surface area contributed by atoms with Crippen molar-refractivity contribution in [2.24, 2.45) is 0 Å². The van der Waals surface area contributed by atoms with Gasteiger partial charge in [-0.15, -0.1) is 0 Å². The van der Waals surface area contributed by atoms with Crippen LogP contribution in [0.25, 0.3) is 0 Å². The van der Waals surface area contributed by atoms with Crippen LogP contribution in [0.3, 0.4) is 0 Å². The van der Waals surface area contributed by atoms with Gasteiger partial charge in [0.1, 0.15) is 18.4 Å². The molecule has 0 bridgehead atoms. The van der Waals surface area contributed by atoms with Crippen LogP contribution in [-0.4, -0.2) is 103 Å². The topological polar surface area (TPSA) is 111 Å². The van der Waals surface area contributed by atoms with E-state index in [0.717, 1.165) is 44.0 Å². The predicted molar refractivity (Wildman–Crippen MR) is 118 cm³/mol. The number of benzene rings is 1. The molecule has 0 aromatic heterocycles. The molecule has 0 aliphatic carbocycles. The number of piperazine rings is 1. The Balaban J connectivity index is 1.20. The van der Waals surface area contributed by atoms with Crippen molar-refractivity contribution in [2.45, 2.75) is 37.4 Å². The number of likely N-dealkylation sites (N-methyl/N-ethyl adjacent to an activating group) is 1. The van der Waals surface area contributed by atoms with Gasteiger partial charge in [-0.3, -0.25) is 34.3 Å². The molecule has 0 saturated carbocycles. The van der Waals surface area contributed by atoms with Crippen LogP contribution in [0.15, 0.2) is 18.2 Å². The number of nitrogens with one attached hydrogen (secondary N) is 2. The minimum absolute atomic E-state index is 0.0989. The van der Waals surface area contributed by atoms with Crippen molar-refractivity contribution in [3.8, 4) is 5.75 Å². The van der Waals surface area contributed by atoms with Gasteiger partial charge in [0.25, 0.3) is 11.8 Å². The molecule has 10 nitrogen and oxygen atoms in total. The highest BCUT2D eigenvalue weighted by Gasteiger charge is 2.44. The van der Waals surface area contributed by atoms with E-state index >= 15 is 0 Å². The summed E-state index contributed by atoms with van der Waals surface area (Å²) in [7, 11) is 2.15. The highest BCUT2D eigenvalue weighted by Crippen LogP contribution is 2.30. The number of rotatable bonds is 5. The number of ether oxygens (including phenoxy) is 1. The monoisotopic (exact) mass is 455 g/mol. The zero-order valence-electron chi connectivity index (χ0n) is 18.7. The average Bonchev–Trinajstić information content (AvgIpc) is 3.37. The van der Waals surface area contributed by atoms with Crippen molar-refractivity contribution < 1.29 is 23.9 Å². The van der Waals surface area contributed by atoms with Gasteiger partial charge in [0.05, 0.1) is 11.1 Å². The molecule has 33 heavy (non-hydrogen) atoms. The fourth-order valence-electron chi connectivity index (χ4n) is 5.13. The normalized spacial score (nSPS) is 28.9. The van der Waals surface area contributed by atoms with Crippen molar-refractivity contribution in [1.29, 1.82) is 0 Å². The molecule has 3 fully saturated rings. The zero-order chi connectivity index (χ0) is 23.1. The van der Waals surface area contributed by atoms with E-state index in [2.05, 4.69) is 27.5 Å². The first-order valence-electron chi connectivity index (χ1n) is 11.5. The van der Waals surface area contributed by atoms with Crippen molar-refractivity contribution in [3.63, 3.8) is 0 Å². The second-order valence-corrected chi connectivity index (χ2v) is 9.30. The number of fused-ring (bicyclic) bond motifs is 1. The molecule has 4 aliphatic rings. The molecule has 1 unspecified atom stereocenters. The molecule has 0 spiro atoms. The smallest absolute Gasteiger partial charge is 0.262 e. The lowest BCUT2D eigenvalue weighted by molar-refractivity contribution is -0.136. The molecular formula is C23H29N5O5. The molecule has 3 atom stereocenters. The number of carbonyl (C=O) groups excluding carboxylic acids is 4. The molecule has 1 aromatic carbocycles. The van der Waals surface area contributed by atoms with Gasteiger partial charge in [0, 0.05) is 51.2 Å². The Kier molecular flexibility index (Phi) is 5.90. The van der Waals surface area contributed by atoms with Gasteiger partial charge in [-0.2, -0.15) is 0 Å². The molecule has 4 amide bonds. The van der Waals surface area contributed by atoms with Crippen LogP contribution in [0.5, 0.6) is 5.75 Å². The summed E-state index contributed by atoms with van der Waals surface area (Å²) in [5, 5.41) is 5.74. The lowest BCUT2D eigenvalue weighted by Crippen LogP contribution is -2.54. The van der Waals surface area contributed by atoms with E-state index in [-0.39, 0.29) is 35.9 Å². The Morgan fingerprint density at radius 2 is 1.79 bits per heavy atom. The van der Waals surface area contributed by atoms with E-state index < -0.39 is 23.8 Å². The second kappa shape index (κ2) is 8.85. The van der Waals surface area contributed by atoms with Gasteiger partial charge in [-0.25, -0.2) is 0 Å². The van der Waals surface area contributed by atoms with Gasteiger partial charge in [0.2, 0.25) is 11.8 Å². The van der Waals surface area contributed by atoms with Crippen LogP contribution in [-0.2, 0) is 9.59 Å². The minimum atomic E-state index is -0.964. The largest absolute Gasteiger partial charge is 0.492 e. The van der Waals surface area contributed by atoms with E-state index in [4.69, 9.17) is 4.74 Å². The van der Waals surface area contributed by atoms with Gasteiger partial charge in [-0.05, 0) is 38.1 Å². The van der Waals surface area contributed by atoms with E-state index in [1.54, 1.807) is 18.2 Å². The lowest BCUT2D eigenvalue weighted by atomic mass is 10.0. The Morgan fingerprint density at radius 3 is 2.55 bits per heavy atom. The second-order valence-electron chi connectivity index (χ2n) is 9.30. The number of imide groups is 2. The summed E-state index contributed by atoms with van der Waals surface area (Å²) < 4.78 is 5.97. The molecule has 176 valence electrons. The SMILES string of the molecule is CN1CCN([C@H]2CN[C@H](COc3ccc4c(c3)C(=O)N(C3CCC(=O)NC3=O)C4=O)C2)CC1. The van der Waals surface area contributed by atoms with Crippen molar-refractivity contribution in [1.82, 2.24) is 25.3 Å². The van der Waals surface area contributed by atoms with Crippen LogP contribution >= 0.6 is 0 Å². The first-order valence-corrected chi connectivity index (χ1v) is 11.5. The van der Waals surface area contributed by atoms with E-state index in [1.165, 1.54) is 0 Å². The Morgan fingerprint density at radius 1 is 1.03 bits per heavy atom. The highest BCUT2D eigenvalue weighted by molar-refractivity contribution is 6.23. The molecule has 3 saturated heterocycles. The molecule has 0 radical (unpaired) electrons. The van der Waals surface area contributed by atoms with E-state index in [0.29, 0.717) is 18.4 Å². The molecule has 4 aliphatic heterocycles. The van der Waals surface area contributed by atoms with Crippen molar-refractivity contribution >= 4 is 23.6 Å². The molecule has 1 aromatic rings. The van der Waals surface area contributed by atoms with Crippen LogP contribution in [0.4, 0.5) is 0 Å². The number of carbonyl (C=O) groups is 4. The number of nitrogens with zero attached hydrogens (tertiary/aromatic N) is 3. The number of hydrogen-bond donors (Lipinski definition) is 2. The van der Waals surface area contributed by atoms with Gasteiger partial charge in [-0.1, -0.05) is 0 Å². The maximum atomic E-state index is 13.0. The molecule has 4 heterocycles. The first-order chi connectivity index (χ1) is 15.9. The summed E-state index contributed by atoms with van der Waals surface area (Å²) in [5.41, 5.74) is 0.489. The number of amides is 4. The number of piperidine rings is 1. The fourth-order valence-corrected chi connectivity index (χ4v) is 5.13. The summed E-state index contributed by atoms with van der Waals surface area (Å²) in [6.07, 6.45) is 1.25. The average molecular weight is 456 g/mol. The summed E-state index contributed by atoms with van der Waals surface area (Å²) in [6.45, 7) is 5.77. The third kappa shape index (κ3) is 4.25. The summed E-state index contributed by atoms with van der Waals surface area (Å²) in [6, 6.07) is 4.60. The van der Waals surface area contributed by atoms with Gasteiger partial charge in [0.15, 0.2) is 0 Å². The van der Waals surface area contributed by atoms with E-state index in [9.17, 15) is 19.2 Å². The first kappa shape index (κ1) is 22.0. The Bertz CT molecular complexity index is 989. The Labute approximate surface area is 192 Å². The summed E-state index contributed by atoms with van der Waals surface area (Å²) >= 11 is 0. The zero-order valence-corrected chi connectivity index (χ0v) is 18.7. The van der Waals surface area contributed by atoms with Crippen molar-refractivity contribution in [3.05, 3.63) is 29.3 Å². The quantitative estimate of drug-likeness (QED) is 0.569. The minimum Gasteiger partial charge on any atom is -0.492 e. The number of hydrogen-bond acceptors (Lipinski definition) is 8. The van der Waals surface area contributed by atoms with Gasteiger partial charge < -0.3 is 15.0 Å². The van der Waals surface area contributed by atoms with E-state index in [1.807, 2.05) is 0 Å². The molecule has 5 rings (SSSR count). The van der Waals surface area contributed by atoms with Crippen molar-refractivity contribution in [2.75, 3.05) is 46.4 Å². The van der Waals surface area contributed by atoms with Crippen LogP contribution in [0, 0.1) is 0 Å². The maximum absolute atomic E-state index is 13.0. The highest BCUT2D eigenvalue weighted by atomic mass is 16.5. The lowest BCUT2D eigenvalue weighted by Gasteiger charge is -2.36. The van der Waals surface area contributed by atoms with Gasteiger partial charge >= 0.3 is 0 Å². The standard InChI is InChI=1S/C23H29N5O5/c1-26-6-8-27(9-7-26)15-10-14(24-12-15)13-33-16-2-3-17-18(11-16)23(32)28(22(17)31)19-4-5-20(29)25-21(19)30/h2-3,11,14-15,19,24H,4-10,12-13H2,1H3,(H,25,29,30)/t14-,15+,19?/m0/s1. The molecule has 10 heteroatoms. The fraction of sp³-hybridized carbons (Fsp3) is 0.565. The third-order valence-electron chi connectivity index (χ3n) is 7.12. The predicted octanol–water partition coefficient (Wildman–Crippen LogP) is -0.555. The Hall–Kier alpha value is -2.82. The molecular weight excluding hydrogens is 426 g/mol. The maximum Gasteiger partial charge on any atom is 0.262 e. The summed E-state index contributed by atoms with van der Waals surface area (Å²) in [4.78, 5) is 55.2. The molecule has 2 N–H and O–H groups in total. The van der Waals surface area contributed by atoms with Crippen LogP contribution in [0.2, 0.25) is 0 Å². The summed E-state index contributed by atoms with van der Waals surface area (Å²) in [5.74, 6) is -1.52. The third-order valence-corrected chi connectivity index (χ3v) is 7.12.